The third-order valence-corrected chi connectivity index (χ3v) is 3.09. The van der Waals surface area contributed by atoms with Gasteiger partial charge in [-0.25, -0.2) is 4.39 Å². The Labute approximate surface area is 108 Å². The summed E-state index contributed by atoms with van der Waals surface area (Å²) in [4.78, 5) is 13.4. The number of hydrogen-bond acceptors (Lipinski definition) is 2. The Morgan fingerprint density at radius 2 is 2.25 bits per heavy atom. The van der Waals surface area contributed by atoms with E-state index in [2.05, 4.69) is 5.32 Å². The van der Waals surface area contributed by atoms with E-state index in [0.29, 0.717) is 15.7 Å². The molecule has 0 spiro atoms. The molecule has 0 aromatic heterocycles. The third-order valence-electron chi connectivity index (χ3n) is 2.21. The number of benzene rings is 1. The van der Waals surface area contributed by atoms with Crippen LogP contribution in [0.5, 0.6) is 0 Å². The van der Waals surface area contributed by atoms with Gasteiger partial charge in [-0.05, 0) is 47.8 Å². The number of carbonyl (C=O) groups is 1. The summed E-state index contributed by atoms with van der Waals surface area (Å²) >= 11 is 1.89. The fourth-order valence-corrected chi connectivity index (χ4v) is 1.57. The lowest BCUT2D eigenvalue weighted by molar-refractivity contribution is 0.0796. The molecule has 0 aliphatic rings. The summed E-state index contributed by atoms with van der Waals surface area (Å²) < 4.78 is 13.8. The highest BCUT2D eigenvalue weighted by Crippen LogP contribution is 2.13. The van der Waals surface area contributed by atoms with Crippen LogP contribution in [0, 0.1) is 9.39 Å². The van der Waals surface area contributed by atoms with Crippen molar-refractivity contribution in [2.75, 3.05) is 27.2 Å². The quantitative estimate of drug-likeness (QED) is 0.850. The normalized spacial score (nSPS) is 10.2. The van der Waals surface area contributed by atoms with E-state index >= 15 is 0 Å². The topological polar surface area (TPSA) is 32.3 Å². The summed E-state index contributed by atoms with van der Waals surface area (Å²) in [5, 5.41) is 2.96. The number of carbonyl (C=O) groups excluding carboxylic acids is 1. The zero-order valence-electron chi connectivity index (χ0n) is 9.26. The molecule has 0 aliphatic carbocycles. The number of halogens is 2. The number of nitrogens with one attached hydrogen (secondary N) is 1. The SMILES string of the molecule is CNCCN(C)C(=O)c1ccc(I)c(F)c1. The van der Waals surface area contributed by atoms with Gasteiger partial charge in [0.25, 0.3) is 5.91 Å². The van der Waals surface area contributed by atoms with Crippen molar-refractivity contribution in [2.45, 2.75) is 0 Å². The van der Waals surface area contributed by atoms with Crippen LogP contribution in [0.25, 0.3) is 0 Å². The minimum Gasteiger partial charge on any atom is -0.340 e. The molecule has 0 fully saturated rings. The Morgan fingerprint density at radius 1 is 1.56 bits per heavy atom. The summed E-state index contributed by atoms with van der Waals surface area (Å²) in [6.07, 6.45) is 0. The van der Waals surface area contributed by atoms with Crippen molar-refractivity contribution in [3.8, 4) is 0 Å². The van der Waals surface area contributed by atoms with Gasteiger partial charge in [-0.15, -0.1) is 0 Å². The second-order valence-electron chi connectivity index (χ2n) is 3.46. The molecular weight excluding hydrogens is 322 g/mol. The molecule has 0 saturated carbocycles. The number of likely N-dealkylation sites (N-methyl/N-ethyl adjacent to an activating group) is 2. The first-order chi connectivity index (χ1) is 7.56. The highest BCUT2D eigenvalue weighted by Gasteiger charge is 2.12. The van der Waals surface area contributed by atoms with Gasteiger partial charge in [-0.1, -0.05) is 0 Å². The number of nitrogens with zero attached hydrogens (tertiary/aromatic N) is 1. The van der Waals surface area contributed by atoms with Crippen molar-refractivity contribution in [2.24, 2.45) is 0 Å². The minimum absolute atomic E-state index is 0.162. The summed E-state index contributed by atoms with van der Waals surface area (Å²) in [6, 6.07) is 4.53. The molecule has 1 rings (SSSR count). The van der Waals surface area contributed by atoms with Crippen molar-refractivity contribution in [1.29, 1.82) is 0 Å². The van der Waals surface area contributed by atoms with Gasteiger partial charge in [0.15, 0.2) is 0 Å². The van der Waals surface area contributed by atoms with Crippen LogP contribution in [0.3, 0.4) is 0 Å². The lowest BCUT2D eigenvalue weighted by atomic mass is 10.2. The van der Waals surface area contributed by atoms with Crippen LogP contribution in [0.1, 0.15) is 10.4 Å². The predicted molar refractivity (Wildman–Crippen MR) is 70.0 cm³/mol. The van der Waals surface area contributed by atoms with Gasteiger partial charge >= 0.3 is 0 Å². The standard InChI is InChI=1S/C11H14FIN2O/c1-14-5-6-15(2)11(16)8-3-4-10(13)9(12)7-8/h3-4,7,14H,5-6H2,1-2H3. The van der Waals surface area contributed by atoms with Gasteiger partial charge in [-0.3, -0.25) is 4.79 Å². The smallest absolute Gasteiger partial charge is 0.253 e. The van der Waals surface area contributed by atoms with Crippen LogP contribution in [-0.4, -0.2) is 38.0 Å². The van der Waals surface area contributed by atoms with E-state index in [1.807, 2.05) is 29.6 Å². The molecule has 1 aromatic carbocycles. The van der Waals surface area contributed by atoms with Gasteiger partial charge in [0, 0.05) is 29.3 Å². The molecule has 0 aliphatic heterocycles. The van der Waals surface area contributed by atoms with Crippen LogP contribution in [-0.2, 0) is 0 Å². The predicted octanol–water partition coefficient (Wildman–Crippen LogP) is 1.72. The Kier molecular flexibility index (Phi) is 5.14. The van der Waals surface area contributed by atoms with E-state index in [1.54, 1.807) is 24.1 Å². The second-order valence-corrected chi connectivity index (χ2v) is 4.62. The average Bonchev–Trinajstić information content (AvgIpc) is 2.28. The van der Waals surface area contributed by atoms with Gasteiger partial charge < -0.3 is 10.2 Å². The first-order valence-electron chi connectivity index (χ1n) is 4.91. The fourth-order valence-electron chi connectivity index (χ4n) is 1.23. The van der Waals surface area contributed by atoms with Crippen molar-refractivity contribution in [1.82, 2.24) is 10.2 Å². The van der Waals surface area contributed by atoms with E-state index in [-0.39, 0.29) is 11.7 Å². The van der Waals surface area contributed by atoms with Crippen molar-refractivity contribution >= 4 is 28.5 Å². The first-order valence-corrected chi connectivity index (χ1v) is 5.99. The number of rotatable bonds is 4. The maximum Gasteiger partial charge on any atom is 0.253 e. The average molecular weight is 336 g/mol. The molecule has 1 aromatic rings. The molecule has 0 atom stereocenters. The number of hydrogen-bond donors (Lipinski definition) is 1. The molecule has 0 heterocycles. The Bertz CT molecular complexity index is 384. The second kappa shape index (κ2) is 6.15. The van der Waals surface area contributed by atoms with Crippen molar-refractivity contribution in [3.63, 3.8) is 0 Å². The number of amides is 1. The molecule has 0 unspecified atom stereocenters. The minimum atomic E-state index is -0.353. The zero-order chi connectivity index (χ0) is 12.1. The molecular formula is C11H14FIN2O. The molecule has 1 N–H and O–H groups in total. The van der Waals surface area contributed by atoms with E-state index < -0.39 is 0 Å². The van der Waals surface area contributed by atoms with Crippen LogP contribution in [0.15, 0.2) is 18.2 Å². The molecule has 3 nitrogen and oxygen atoms in total. The van der Waals surface area contributed by atoms with Crippen molar-refractivity contribution in [3.05, 3.63) is 33.1 Å². The third kappa shape index (κ3) is 3.41. The largest absolute Gasteiger partial charge is 0.340 e. The van der Waals surface area contributed by atoms with Crippen LogP contribution >= 0.6 is 22.6 Å². The Balaban J connectivity index is 2.76. The summed E-state index contributed by atoms with van der Waals surface area (Å²) in [5.74, 6) is -0.515. The van der Waals surface area contributed by atoms with E-state index in [4.69, 9.17) is 0 Å². The summed E-state index contributed by atoms with van der Waals surface area (Å²) in [7, 11) is 3.53. The molecule has 5 heteroatoms. The van der Waals surface area contributed by atoms with Crippen LogP contribution < -0.4 is 5.32 Å². The van der Waals surface area contributed by atoms with Crippen LogP contribution in [0.4, 0.5) is 4.39 Å². The first kappa shape index (κ1) is 13.4. The highest BCUT2D eigenvalue weighted by atomic mass is 127. The summed E-state index contributed by atoms with van der Waals surface area (Å²) in [5.41, 5.74) is 0.386. The molecule has 16 heavy (non-hydrogen) atoms. The molecule has 0 bridgehead atoms. The monoisotopic (exact) mass is 336 g/mol. The fraction of sp³-hybridized carbons (Fsp3) is 0.364. The lowest BCUT2D eigenvalue weighted by Gasteiger charge is -2.16. The molecule has 1 amide bonds. The molecule has 0 saturated heterocycles. The van der Waals surface area contributed by atoms with Gasteiger partial charge in [0.1, 0.15) is 5.82 Å². The lowest BCUT2D eigenvalue weighted by Crippen LogP contribution is -2.32. The summed E-state index contributed by atoms with van der Waals surface area (Å²) in [6.45, 7) is 1.32. The van der Waals surface area contributed by atoms with Gasteiger partial charge in [0.05, 0.1) is 0 Å². The zero-order valence-corrected chi connectivity index (χ0v) is 11.4. The maximum absolute atomic E-state index is 13.3. The van der Waals surface area contributed by atoms with Gasteiger partial charge in [0.2, 0.25) is 0 Å². The molecule has 88 valence electrons. The van der Waals surface area contributed by atoms with E-state index in [0.717, 1.165) is 6.54 Å². The molecule has 0 radical (unpaired) electrons. The van der Waals surface area contributed by atoms with E-state index in [9.17, 15) is 9.18 Å². The van der Waals surface area contributed by atoms with E-state index in [1.165, 1.54) is 6.07 Å². The maximum atomic E-state index is 13.3. The van der Waals surface area contributed by atoms with Crippen molar-refractivity contribution < 1.29 is 9.18 Å². The Hall–Kier alpha value is -0.690. The van der Waals surface area contributed by atoms with Gasteiger partial charge in [-0.2, -0.15) is 0 Å². The highest BCUT2D eigenvalue weighted by molar-refractivity contribution is 14.1. The van der Waals surface area contributed by atoms with Crippen LogP contribution in [0.2, 0.25) is 0 Å². The Morgan fingerprint density at radius 3 is 2.81 bits per heavy atom.